The molecule has 1 aromatic rings. The van der Waals surface area contributed by atoms with Gasteiger partial charge in [0.2, 0.25) is 0 Å². The van der Waals surface area contributed by atoms with E-state index >= 15 is 0 Å². The van der Waals surface area contributed by atoms with E-state index in [0.717, 1.165) is 45.4 Å². The van der Waals surface area contributed by atoms with Gasteiger partial charge in [-0.25, -0.2) is 4.39 Å². The molecule has 1 N–H and O–H groups in total. The van der Waals surface area contributed by atoms with E-state index in [2.05, 4.69) is 4.90 Å². The zero-order valence-electron chi connectivity index (χ0n) is 12.8. The highest BCUT2D eigenvalue weighted by Crippen LogP contribution is 2.27. The molecule has 0 bridgehead atoms. The fourth-order valence-electron chi connectivity index (χ4n) is 3.38. The first-order valence-corrected chi connectivity index (χ1v) is 8.07. The molecule has 0 spiro atoms. The first-order chi connectivity index (χ1) is 10.6. The molecule has 1 atom stereocenters. The summed E-state index contributed by atoms with van der Waals surface area (Å²) in [5.41, 5.74) is -0.828. The highest BCUT2D eigenvalue weighted by Gasteiger charge is 2.37. The van der Waals surface area contributed by atoms with Crippen LogP contribution in [0.3, 0.4) is 0 Å². The van der Waals surface area contributed by atoms with Gasteiger partial charge in [0.25, 0.3) is 0 Å². The molecule has 3 rings (SSSR count). The molecule has 4 nitrogen and oxygen atoms in total. The Labute approximate surface area is 130 Å². The largest absolute Gasteiger partial charge is 0.491 e. The summed E-state index contributed by atoms with van der Waals surface area (Å²) in [5.74, 6) is 0.312. The number of rotatable bonds is 4. The topological polar surface area (TPSA) is 41.9 Å². The minimum atomic E-state index is -0.828. The summed E-state index contributed by atoms with van der Waals surface area (Å²) >= 11 is 0. The van der Waals surface area contributed by atoms with Crippen LogP contribution in [0.25, 0.3) is 0 Å². The molecule has 0 radical (unpaired) electrons. The van der Waals surface area contributed by atoms with Gasteiger partial charge in [0, 0.05) is 25.8 Å². The molecule has 2 saturated heterocycles. The van der Waals surface area contributed by atoms with E-state index in [1.165, 1.54) is 12.1 Å². The zero-order chi connectivity index (χ0) is 15.4. The third-order valence-corrected chi connectivity index (χ3v) is 4.61. The standard InChI is InChI=1S/C17H24FNO3/c18-14-2-4-16(5-3-14)22-13-17(20)8-1-9-19(12-17)15-6-10-21-11-7-15/h2-5,15,20H,1,6-13H2/t17-/m0/s1. The maximum Gasteiger partial charge on any atom is 0.123 e. The number of nitrogens with zero attached hydrogens (tertiary/aromatic N) is 1. The highest BCUT2D eigenvalue weighted by molar-refractivity contribution is 5.22. The Hall–Kier alpha value is -1.17. The quantitative estimate of drug-likeness (QED) is 0.926. The molecule has 2 aliphatic rings. The lowest BCUT2D eigenvalue weighted by Crippen LogP contribution is -2.55. The van der Waals surface area contributed by atoms with Gasteiger partial charge < -0.3 is 14.6 Å². The molecule has 5 heteroatoms. The normalized spacial score (nSPS) is 27.7. The van der Waals surface area contributed by atoms with Gasteiger partial charge in [0.15, 0.2) is 0 Å². The summed E-state index contributed by atoms with van der Waals surface area (Å²) in [5, 5.41) is 10.8. The summed E-state index contributed by atoms with van der Waals surface area (Å²) in [6, 6.07) is 6.44. The molecular weight excluding hydrogens is 285 g/mol. The monoisotopic (exact) mass is 309 g/mol. The molecule has 0 aromatic heterocycles. The average Bonchev–Trinajstić information content (AvgIpc) is 2.55. The van der Waals surface area contributed by atoms with Crippen molar-refractivity contribution in [3.63, 3.8) is 0 Å². The second-order valence-corrected chi connectivity index (χ2v) is 6.38. The highest BCUT2D eigenvalue weighted by atomic mass is 19.1. The molecule has 0 unspecified atom stereocenters. The van der Waals surface area contributed by atoms with Gasteiger partial charge in [-0.2, -0.15) is 0 Å². The van der Waals surface area contributed by atoms with Crippen molar-refractivity contribution in [2.75, 3.05) is 32.9 Å². The van der Waals surface area contributed by atoms with E-state index in [4.69, 9.17) is 9.47 Å². The molecule has 0 saturated carbocycles. The van der Waals surface area contributed by atoms with Crippen molar-refractivity contribution in [1.82, 2.24) is 4.90 Å². The summed E-state index contributed by atoms with van der Waals surface area (Å²) < 4.78 is 24.0. The van der Waals surface area contributed by atoms with Crippen molar-refractivity contribution in [3.8, 4) is 5.75 Å². The van der Waals surface area contributed by atoms with Crippen LogP contribution in [0, 0.1) is 5.82 Å². The molecule has 2 heterocycles. The van der Waals surface area contributed by atoms with Crippen molar-refractivity contribution in [2.24, 2.45) is 0 Å². The lowest BCUT2D eigenvalue weighted by molar-refractivity contribution is -0.0814. The molecule has 1 aromatic carbocycles. The Kier molecular flexibility index (Phi) is 4.96. The van der Waals surface area contributed by atoms with Gasteiger partial charge in [0.1, 0.15) is 23.8 Å². The number of hydrogen-bond donors (Lipinski definition) is 1. The Morgan fingerprint density at radius 2 is 2.00 bits per heavy atom. The third kappa shape index (κ3) is 3.97. The van der Waals surface area contributed by atoms with Crippen molar-refractivity contribution >= 4 is 0 Å². The minimum absolute atomic E-state index is 0.248. The van der Waals surface area contributed by atoms with Gasteiger partial charge in [0.05, 0.1) is 0 Å². The Morgan fingerprint density at radius 1 is 1.27 bits per heavy atom. The van der Waals surface area contributed by atoms with Crippen LogP contribution in [0.4, 0.5) is 4.39 Å². The molecular formula is C17H24FNO3. The fraction of sp³-hybridized carbons (Fsp3) is 0.647. The number of ether oxygens (including phenoxy) is 2. The van der Waals surface area contributed by atoms with Gasteiger partial charge in [-0.05, 0) is 56.5 Å². The van der Waals surface area contributed by atoms with Crippen molar-refractivity contribution in [1.29, 1.82) is 0 Å². The summed E-state index contributed by atoms with van der Waals surface area (Å²) in [7, 11) is 0. The van der Waals surface area contributed by atoms with E-state index in [0.29, 0.717) is 18.3 Å². The van der Waals surface area contributed by atoms with E-state index in [1.807, 2.05) is 0 Å². The Morgan fingerprint density at radius 3 is 2.73 bits per heavy atom. The molecule has 0 aliphatic carbocycles. The van der Waals surface area contributed by atoms with Crippen LogP contribution in [0.15, 0.2) is 24.3 Å². The molecule has 22 heavy (non-hydrogen) atoms. The second-order valence-electron chi connectivity index (χ2n) is 6.38. The number of benzene rings is 1. The lowest BCUT2D eigenvalue weighted by Gasteiger charge is -2.43. The maximum absolute atomic E-state index is 12.9. The Balaban J connectivity index is 1.55. The van der Waals surface area contributed by atoms with E-state index in [9.17, 15) is 9.50 Å². The smallest absolute Gasteiger partial charge is 0.123 e. The molecule has 2 aliphatic heterocycles. The predicted molar refractivity (Wildman–Crippen MR) is 81.5 cm³/mol. The van der Waals surface area contributed by atoms with Crippen LogP contribution >= 0.6 is 0 Å². The maximum atomic E-state index is 12.9. The zero-order valence-corrected chi connectivity index (χ0v) is 12.8. The second kappa shape index (κ2) is 6.94. The number of halogens is 1. The fourth-order valence-corrected chi connectivity index (χ4v) is 3.38. The van der Waals surface area contributed by atoms with Gasteiger partial charge in [-0.15, -0.1) is 0 Å². The van der Waals surface area contributed by atoms with Gasteiger partial charge in [-0.3, -0.25) is 4.90 Å². The Bertz CT molecular complexity index is 475. The van der Waals surface area contributed by atoms with Crippen molar-refractivity contribution in [2.45, 2.75) is 37.3 Å². The number of piperidine rings is 1. The van der Waals surface area contributed by atoms with E-state index in [1.54, 1.807) is 12.1 Å². The first kappa shape index (κ1) is 15.7. The molecule has 122 valence electrons. The lowest BCUT2D eigenvalue weighted by atomic mass is 9.91. The number of likely N-dealkylation sites (tertiary alicyclic amines) is 1. The first-order valence-electron chi connectivity index (χ1n) is 8.07. The van der Waals surface area contributed by atoms with Crippen LogP contribution in [-0.4, -0.2) is 54.6 Å². The SMILES string of the molecule is O[C@@]1(COc2ccc(F)cc2)CCCN(C2CCOCC2)C1. The van der Waals surface area contributed by atoms with Crippen LogP contribution in [0.1, 0.15) is 25.7 Å². The summed E-state index contributed by atoms with van der Waals surface area (Å²) in [6.07, 6.45) is 3.79. The third-order valence-electron chi connectivity index (χ3n) is 4.61. The minimum Gasteiger partial charge on any atom is -0.491 e. The van der Waals surface area contributed by atoms with E-state index in [-0.39, 0.29) is 12.4 Å². The molecule has 0 amide bonds. The number of aliphatic hydroxyl groups is 1. The average molecular weight is 309 g/mol. The predicted octanol–water partition coefficient (Wildman–Crippen LogP) is 2.21. The van der Waals surface area contributed by atoms with Crippen LogP contribution in [-0.2, 0) is 4.74 Å². The van der Waals surface area contributed by atoms with Crippen molar-refractivity contribution < 1.29 is 19.0 Å². The van der Waals surface area contributed by atoms with E-state index < -0.39 is 5.60 Å². The number of hydrogen-bond acceptors (Lipinski definition) is 4. The van der Waals surface area contributed by atoms with Gasteiger partial charge >= 0.3 is 0 Å². The van der Waals surface area contributed by atoms with Gasteiger partial charge in [-0.1, -0.05) is 0 Å². The molecule has 2 fully saturated rings. The van der Waals surface area contributed by atoms with Crippen LogP contribution < -0.4 is 4.74 Å². The number of β-amino-alcohol motifs (C(OH)–C–C–N with tert-alkyl or cyclic N) is 1. The van der Waals surface area contributed by atoms with Crippen LogP contribution in [0.2, 0.25) is 0 Å². The summed E-state index contributed by atoms with van der Waals surface area (Å²) in [6.45, 7) is 3.54. The summed E-state index contributed by atoms with van der Waals surface area (Å²) in [4.78, 5) is 2.38. The van der Waals surface area contributed by atoms with Crippen molar-refractivity contribution in [3.05, 3.63) is 30.1 Å². The van der Waals surface area contributed by atoms with Crippen LogP contribution in [0.5, 0.6) is 5.75 Å².